The zero-order valence-electron chi connectivity index (χ0n) is 9.67. The largest absolute Gasteiger partial charge is 0.464 e. The van der Waals surface area contributed by atoms with E-state index in [-0.39, 0.29) is 10.9 Å². The molecule has 0 bridgehead atoms. The minimum absolute atomic E-state index is 0.0326. The number of alkyl halides is 3. The number of H-pyrrole nitrogens is 1. The second-order valence-electron chi connectivity index (χ2n) is 3.74. The zero-order valence-corrected chi connectivity index (χ0v) is 9.67. The third kappa shape index (κ3) is 2.18. The lowest BCUT2D eigenvalue weighted by molar-refractivity contribution is -0.0884. The van der Waals surface area contributed by atoms with Crippen molar-refractivity contribution >= 4 is 22.7 Å². The van der Waals surface area contributed by atoms with E-state index in [2.05, 4.69) is 9.72 Å². The number of hydrogen-bond acceptors (Lipinski definition) is 3. The number of aromatic nitrogens is 1. The Morgan fingerprint density at radius 3 is 2.42 bits per heavy atom. The molecule has 0 aliphatic carbocycles. The highest BCUT2D eigenvalue weighted by atomic mass is 19.4. The average Bonchev–Trinajstić information content (AvgIpc) is 2.74. The summed E-state index contributed by atoms with van der Waals surface area (Å²) in [6.45, 7) is 0. The maximum absolute atomic E-state index is 12.6. The van der Waals surface area contributed by atoms with E-state index in [1.54, 1.807) is 6.07 Å². The van der Waals surface area contributed by atoms with Crippen molar-refractivity contribution < 1.29 is 27.5 Å². The van der Waals surface area contributed by atoms with Crippen LogP contribution in [0.4, 0.5) is 13.2 Å². The van der Waals surface area contributed by atoms with E-state index < -0.39 is 29.2 Å². The van der Waals surface area contributed by atoms with Gasteiger partial charge in [-0.1, -0.05) is 18.2 Å². The van der Waals surface area contributed by atoms with Crippen LogP contribution in [0, 0.1) is 0 Å². The minimum Gasteiger partial charge on any atom is -0.464 e. The highest BCUT2D eigenvalue weighted by molar-refractivity contribution is 6.17. The highest BCUT2D eigenvalue weighted by Crippen LogP contribution is 2.30. The van der Waals surface area contributed by atoms with Crippen molar-refractivity contribution in [1.82, 2.24) is 4.98 Å². The van der Waals surface area contributed by atoms with Gasteiger partial charge in [-0.3, -0.25) is 4.79 Å². The molecule has 2 rings (SSSR count). The third-order valence-corrected chi connectivity index (χ3v) is 2.58. The number of esters is 1. The van der Waals surface area contributed by atoms with E-state index in [0.717, 1.165) is 7.11 Å². The number of ether oxygens (including phenoxy) is 1. The number of aromatic amines is 1. The summed E-state index contributed by atoms with van der Waals surface area (Å²) in [6.07, 6.45) is -5.06. The lowest BCUT2D eigenvalue weighted by Crippen LogP contribution is -2.24. The lowest BCUT2D eigenvalue weighted by Gasteiger charge is -2.06. The van der Waals surface area contributed by atoms with Crippen molar-refractivity contribution in [2.24, 2.45) is 0 Å². The summed E-state index contributed by atoms with van der Waals surface area (Å²) in [5.41, 5.74) is -0.948. The highest BCUT2D eigenvalue weighted by Gasteiger charge is 2.43. The summed E-state index contributed by atoms with van der Waals surface area (Å²) in [7, 11) is 1.02. The van der Waals surface area contributed by atoms with Crippen molar-refractivity contribution in [2.45, 2.75) is 6.18 Å². The monoisotopic (exact) mass is 271 g/mol. The predicted octanol–water partition coefficient (Wildman–Crippen LogP) is 2.70. The molecule has 0 aliphatic rings. The average molecular weight is 271 g/mol. The van der Waals surface area contributed by atoms with Crippen LogP contribution in [0.2, 0.25) is 0 Å². The quantitative estimate of drug-likeness (QED) is 0.674. The van der Waals surface area contributed by atoms with Gasteiger partial charge in [0.1, 0.15) is 5.69 Å². The molecule has 0 saturated carbocycles. The lowest BCUT2D eigenvalue weighted by atomic mass is 10.1. The van der Waals surface area contributed by atoms with E-state index in [1.807, 2.05) is 0 Å². The van der Waals surface area contributed by atoms with Crippen LogP contribution in [0.25, 0.3) is 10.9 Å². The molecule has 4 nitrogen and oxygen atoms in total. The van der Waals surface area contributed by atoms with Crippen LogP contribution in [0.1, 0.15) is 20.8 Å². The van der Waals surface area contributed by atoms with Gasteiger partial charge in [-0.2, -0.15) is 13.2 Å². The summed E-state index contributed by atoms with van der Waals surface area (Å²) in [5, 5.41) is 0.0326. The molecule has 0 radical (unpaired) electrons. The van der Waals surface area contributed by atoms with Gasteiger partial charge in [0, 0.05) is 10.9 Å². The molecular weight excluding hydrogens is 263 g/mol. The molecule has 19 heavy (non-hydrogen) atoms. The smallest absolute Gasteiger partial charge is 0.454 e. The molecule has 0 amide bonds. The molecule has 0 spiro atoms. The van der Waals surface area contributed by atoms with Crippen molar-refractivity contribution in [3.8, 4) is 0 Å². The first kappa shape index (κ1) is 13.1. The van der Waals surface area contributed by atoms with Gasteiger partial charge in [0.05, 0.1) is 12.7 Å². The van der Waals surface area contributed by atoms with Gasteiger partial charge >= 0.3 is 12.1 Å². The second kappa shape index (κ2) is 4.42. The fraction of sp³-hybridized carbons (Fsp3) is 0.167. The number of hydrogen-bond donors (Lipinski definition) is 1. The Bertz CT molecular complexity index is 658. The Morgan fingerprint density at radius 2 is 1.84 bits per heavy atom. The fourth-order valence-corrected chi connectivity index (χ4v) is 1.77. The number of Topliss-reactive ketones (excluding diaryl/α,β-unsaturated/α-hetero) is 1. The topological polar surface area (TPSA) is 59.2 Å². The van der Waals surface area contributed by atoms with Crippen LogP contribution in [0.3, 0.4) is 0 Å². The minimum atomic E-state index is -5.06. The first-order valence-electron chi connectivity index (χ1n) is 5.16. The summed E-state index contributed by atoms with van der Waals surface area (Å²) in [5.74, 6) is -3.10. The molecule has 1 N–H and O–H groups in total. The molecule has 7 heteroatoms. The number of fused-ring (bicyclic) bond motifs is 1. The van der Waals surface area contributed by atoms with E-state index >= 15 is 0 Å². The Balaban J connectivity index is 2.75. The van der Waals surface area contributed by atoms with Crippen molar-refractivity contribution in [3.63, 3.8) is 0 Å². The van der Waals surface area contributed by atoms with Crippen LogP contribution >= 0.6 is 0 Å². The number of ketones is 1. The van der Waals surface area contributed by atoms with Gasteiger partial charge in [0.25, 0.3) is 5.78 Å². The van der Waals surface area contributed by atoms with Crippen molar-refractivity contribution in [3.05, 3.63) is 35.5 Å². The van der Waals surface area contributed by atoms with Crippen molar-refractivity contribution in [2.75, 3.05) is 7.11 Å². The molecule has 100 valence electrons. The number of benzene rings is 1. The maximum Gasteiger partial charge on any atom is 0.454 e. The number of carbonyl (C=O) groups is 2. The second-order valence-corrected chi connectivity index (χ2v) is 3.74. The first-order valence-corrected chi connectivity index (χ1v) is 5.16. The van der Waals surface area contributed by atoms with E-state index in [4.69, 9.17) is 0 Å². The van der Waals surface area contributed by atoms with Gasteiger partial charge in [0.2, 0.25) is 0 Å². The Labute approximate surface area is 105 Å². The Kier molecular flexibility index (Phi) is 3.05. The standard InChI is InChI=1S/C12H8F3NO3/c1-19-11(18)9-8(10(17)12(13,14)15)6-4-2-3-5-7(6)16-9/h2-5,16H,1H3. The molecule has 0 aliphatic heterocycles. The normalized spacial score (nSPS) is 11.6. The Hall–Kier alpha value is -2.31. The molecule has 0 saturated heterocycles. The van der Waals surface area contributed by atoms with E-state index in [9.17, 15) is 22.8 Å². The van der Waals surface area contributed by atoms with Gasteiger partial charge in [0.15, 0.2) is 0 Å². The number of methoxy groups -OCH3 is 1. The molecule has 2 aromatic rings. The number of rotatable bonds is 2. The van der Waals surface area contributed by atoms with E-state index in [0.29, 0.717) is 0 Å². The molecule has 0 fully saturated rings. The van der Waals surface area contributed by atoms with Crippen LogP contribution in [-0.4, -0.2) is 30.0 Å². The van der Waals surface area contributed by atoms with E-state index in [1.165, 1.54) is 18.2 Å². The van der Waals surface area contributed by atoms with Gasteiger partial charge in [-0.05, 0) is 6.07 Å². The van der Waals surface area contributed by atoms with Gasteiger partial charge < -0.3 is 9.72 Å². The zero-order chi connectivity index (χ0) is 14.2. The summed E-state index contributed by atoms with van der Waals surface area (Å²) in [4.78, 5) is 25.4. The molecule has 1 heterocycles. The van der Waals surface area contributed by atoms with Crippen LogP contribution in [-0.2, 0) is 4.74 Å². The van der Waals surface area contributed by atoms with Crippen molar-refractivity contribution in [1.29, 1.82) is 0 Å². The van der Waals surface area contributed by atoms with Gasteiger partial charge in [-0.15, -0.1) is 0 Å². The number of carbonyl (C=O) groups excluding carboxylic acids is 2. The summed E-state index contributed by atoms with van der Waals surface area (Å²) >= 11 is 0. The SMILES string of the molecule is COC(=O)c1[nH]c2ccccc2c1C(=O)C(F)(F)F. The molecule has 0 atom stereocenters. The third-order valence-electron chi connectivity index (χ3n) is 2.58. The number of para-hydroxylation sites is 1. The molecule has 1 aromatic carbocycles. The van der Waals surface area contributed by atoms with Gasteiger partial charge in [-0.25, -0.2) is 4.79 Å². The number of nitrogens with one attached hydrogen (secondary N) is 1. The molecular formula is C12H8F3NO3. The van der Waals surface area contributed by atoms with Crippen LogP contribution in [0.5, 0.6) is 0 Å². The first-order chi connectivity index (χ1) is 8.86. The molecule has 0 unspecified atom stereocenters. The van der Waals surface area contributed by atoms with Crippen LogP contribution in [0.15, 0.2) is 24.3 Å². The summed E-state index contributed by atoms with van der Waals surface area (Å²) < 4.78 is 42.1. The van der Waals surface area contributed by atoms with Crippen LogP contribution < -0.4 is 0 Å². The number of halogens is 3. The maximum atomic E-state index is 12.6. The summed E-state index contributed by atoms with van der Waals surface area (Å²) in [6, 6.07) is 5.85. The Morgan fingerprint density at radius 1 is 1.21 bits per heavy atom. The molecule has 1 aromatic heterocycles. The fourth-order valence-electron chi connectivity index (χ4n) is 1.77. The predicted molar refractivity (Wildman–Crippen MR) is 60.0 cm³/mol.